The molecule has 0 unspecified atom stereocenters. The molecular formula is C18H31N3. The van der Waals surface area contributed by atoms with Crippen molar-refractivity contribution in [2.75, 3.05) is 0 Å². The predicted molar refractivity (Wildman–Crippen MR) is 88.5 cm³/mol. The van der Waals surface area contributed by atoms with Crippen molar-refractivity contribution in [3.8, 4) is 0 Å². The number of hydrogen-bond donors (Lipinski definition) is 1. The summed E-state index contributed by atoms with van der Waals surface area (Å²) in [7, 11) is 0. The van der Waals surface area contributed by atoms with Gasteiger partial charge in [0, 0.05) is 35.5 Å². The summed E-state index contributed by atoms with van der Waals surface area (Å²) in [6.07, 6.45) is 9.37. The molecule has 3 nitrogen and oxygen atoms in total. The average Bonchev–Trinajstić information content (AvgIpc) is 2.36. The predicted octanol–water partition coefficient (Wildman–Crippen LogP) is 4.42. The molecule has 1 aliphatic rings. The van der Waals surface area contributed by atoms with Crippen LogP contribution in [0.5, 0.6) is 0 Å². The number of aryl methyl sites for hydroxylation is 2. The lowest BCUT2D eigenvalue weighted by atomic mass is 9.90. The van der Waals surface area contributed by atoms with Crippen LogP contribution in [-0.4, -0.2) is 16.0 Å². The maximum Gasteiger partial charge on any atom is 0.131 e. The third-order valence-electron chi connectivity index (χ3n) is 4.60. The minimum atomic E-state index is 0.495. The second-order valence-electron chi connectivity index (χ2n) is 6.81. The quantitative estimate of drug-likeness (QED) is 0.891. The first-order valence-electron chi connectivity index (χ1n) is 8.65. The number of hydrogen-bond acceptors (Lipinski definition) is 3. The molecule has 1 aromatic heterocycles. The van der Waals surface area contributed by atoms with E-state index in [4.69, 9.17) is 9.97 Å². The lowest BCUT2D eigenvalue weighted by molar-refractivity contribution is 0.440. The van der Waals surface area contributed by atoms with Gasteiger partial charge in [-0.05, 0) is 26.7 Å². The van der Waals surface area contributed by atoms with Crippen molar-refractivity contribution in [3.05, 3.63) is 22.8 Å². The summed E-state index contributed by atoms with van der Waals surface area (Å²) in [4.78, 5) is 9.71. The van der Waals surface area contributed by atoms with E-state index in [9.17, 15) is 0 Å². The molecule has 1 aliphatic carbocycles. The molecule has 1 aromatic rings. The van der Waals surface area contributed by atoms with Crippen LogP contribution in [0.25, 0.3) is 0 Å². The molecule has 0 bridgehead atoms. The number of nitrogens with zero attached hydrogens (tertiary/aromatic N) is 2. The van der Waals surface area contributed by atoms with Crippen LogP contribution in [0, 0.1) is 13.8 Å². The summed E-state index contributed by atoms with van der Waals surface area (Å²) >= 11 is 0. The molecule has 0 saturated heterocycles. The fraction of sp³-hybridized carbons (Fsp3) is 0.778. The van der Waals surface area contributed by atoms with Crippen molar-refractivity contribution < 1.29 is 0 Å². The Labute approximate surface area is 130 Å². The Morgan fingerprint density at radius 2 is 1.48 bits per heavy atom. The molecule has 118 valence electrons. The van der Waals surface area contributed by atoms with Gasteiger partial charge >= 0.3 is 0 Å². The zero-order chi connectivity index (χ0) is 15.2. The average molecular weight is 289 g/mol. The van der Waals surface area contributed by atoms with Crippen LogP contribution in [0.15, 0.2) is 0 Å². The molecule has 1 heterocycles. The molecule has 0 radical (unpaired) electrons. The van der Waals surface area contributed by atoms with E-state index in [2.05, 4.69) is 33.0 Å². The summed E-state index contributed by atoms with van der Waals surface area (Å²) in [5.41, 5.74) is 3.60. The molecule has 21 heavy (non-hydrogen) atoms. The zero-order valence-electron chi connectivity index (χ0n) is 14.2. The molecule has 3 heteroatoms. The first-order chi connectivity index (χ1) is 10.1. The van der Waals surface area contributed by atoms with E-state index in [1.165, 1.54) is 50.5 Å². The Morgan fingerprint density at radius 1 is 0.952 bits per heavy atom. The van der Waals surface area contributed by atoms with Gasteiger partial charge in [0.25, 0.3) is 0 Å². The van der Waals surface area contributed by atoms with Crippen LogP contribution in [0.3, 0.4) is 0 Å². The van der Waals surface area contributed by atoms with E-state index in [-0.39, 0.29) is 0 Å². The Kier molecular flexibility index (Phi) is 6.16. The largest absolute Gasteiger partial charge is 0.310 e. The van der Waals surface area contributed by atoms with E-state index < -0.39 is 0 Å². The monoisotopic (exact) mass is 289 g/mol. The van der Waals surface area contributed by atoms with Crippen molar-refractivity contribution >= 4 is 0 Å². The molecule has 0 aromatic carbocycles. The maximum absolute atomic E-state index is 4.86. The molecule has 1 N–H and O–H groups in total. The topological polar surface area (TPSA) is 37.8 Å². The normalized spacial score (nSPS) is 17.8. The summed E-state index contributed by atoms with van der Waals surface area (Å²) in [5, 5.41) is 3.48. The Balaban J connectivity index is 2.13. The van der Waals surface area contributed by atoms with Crippen molar-refractivity contribution in [2.24, 2.45) is 0 Å². The summed E-state index contributed by atoms with van der Waals surface area (Å²) in [5.74, 6) is 1.68. The van der Waals surface area contributed by atoms with Crippen LogP contribution in [0.4, 0.5) is 0 Å². The van der Waals surface area contributed by atoms with E-state index in [0.717, 1.165) is 23.8 Å². The van der Waals surface area contributed by atoms with Gasteiger partial charge in [-0.1, -0.05) is 46.0 Å². The lowest BCUT2D eigenvalue weighted by Gasteiger charge is -2.20. The highest BCUT2D eigenvalue weighted by molar-refractivity contribution is 5.25. The van der Waals surface area contributed by atoms with Crippen molar-refractivity contribution in [3.63, 3.8) is 0 Å². The highest BCUT2D eigenvalue weighted by Gasteiger charge is 2.18. The summed E-state index contributed by atoms with van der Waals surface area (Å²) < 4.78 is 0. The van der Waals surface area contributed by atoms with Crippen molar-refractivity contribution in [1.29, 1.82) is 0 Å². The minimum Gasteiger partial charge on any atom is -0.310 e. The lowest BCUT2D eigenvalue weighted by Crippen LogP contribution is -2.24. The number of aromatic nitrogens is 2. The summed E-state index contributed by atoms with van der Waals surface area (Å²) in [6, 6.07) is 0.495. The van der Waals surface area contributed by atoms with Crippen LogP contribution in [0.1, 0.15) is 87.5 Å². The third kappa shape index (κ3) is 4.77. The minimum absolute atomic E-state index is 0.495. The molecule has 1 fully saturated rings. The second kappa shape index (κ2) is 7.88. The van der Waals surface area contributed by atoms with Gasteiger partial charge in [0.05, 0.1) is 0 Å². The van der Waals surface area contributed by atoms with E-state index >= 15 is 0 Å². The molecule has 0 spiro atoms. The Bertz CT molecular complexity index is 423. The molecule has 0 amide bonds. The fourth-order valence-corrected chi connectivity index (χ4v) is 3.22. The van der Waals surface area contributed by atoms with Crippen LogP contribution in [0.2, 0.25) is 0 Å². The smallest absolute Gasteiger partial charge is 0.131 e. The second-order valence-corrected chi connectivity index (χ2v) is 6.81. The van der Waals surface area contributed by atoms with Gasteiger partial charge in [0.2, 0.25) is 0 Å². The van der Waals surface area contributed by atoms with Crippen LogP contribution >= 0.6 is 0 Å². The molecular weight excluding hydrogens is 258 g/mol. The fourth-order valence-electron chi connectivity index (χ4n) is 3.22. The molecule has 0 aliphatic heterocycles. The Morgan fingerprint density at radius 3 is 2.00 bits per heavy atom. The first kappa shape index (κ1) is 16.4. The van der Waals surface area contributed by atoms with Crippen molar-refractivity contribution in [1.82, 2.24) is 15.3 Å². The number of nitrogens with one attached hydrogen (secondary N) is 1. The van der Waals surface area contributed by atoms with E-state index in [0.29, 0.717) is 12.0 Å². The van der Waals surface area contributed by atoms with Crippen LogP contribution < -0.4 is 5.32 Å². The van der Waals surface area contributed by atoms with Gasteiger partial charge in [-0.15, -0.1) is 0 Å². The maximum atomic E-state index is 4.86. The number of rotatable bonds is 4. The standard InChI is InChI=1S/C18H31N3/c1-13(2)19-12-17-14(3)20-18(21-15(17)4)16-10-8-6-5-7-9-11-16/h13,16,19H,5-12H2,1-4H3. The summed E-state index contributed by atoms with van der Waals surface area (Å²) in [6.45, 7) is 9.50. The van der Waals surface area contributed by atoms with Gasteiger partial charge < -0.3 is 5.32 Å². The first-order valence-corrected chi connectivity index (χ1v) is 8.65. The zero-order valence-corrected chi connectivity index (χ0v) is 14.2. The van der Waals surface area contributed by atoms with E-state index in [1.807, 2.05) is 0 Å². The van der Waals surface area contributed by atoms with Crippen LogP contribution in [-0.2, 0) is 6.54 Å². The third-order valence-corrected chi connectivity index (χ3v) is 4.60. The van der Waals surface area contributed by atoms with Gasteiger partial charge in [-0.25, -0.2) is 9.97 Å². The molecule has 0 atom stereocenters. The van der Waals surface area contributed by atoms with Gasteiger partial charge in [0.1, 0.15) is 5.82 Å². The Hall–Kier alpha value is -0.960. The highest BCUT2D eigenvalue weighted by Crippen LogP contribution is 2.29. The SMILES string of the molecule is Cc1nc(C2CCCCCCC2)nc(C)c1CNC(C)C. The van der Waals surface area contributed by atoms with Gasteiger partial charge in [0.15, 0.2) is 0 Å². The molecule has 2 rings (SSSR count). The van der Waals surface area contributed by atoms with Gasteiger partial charge in [-0.3, -0.25) is 0 Å². The van der Waals surface area contributed by atoms with E-state index in [1.54, 1.807) is 0 Å². The highest BCUT2D eigenvalue weighted by atomic mass is 14.9. The van der Waals surface area contributed by atoms with Gasteiger partial charge in [-0.2, -0.15) is 0 Å². The van der Waals surface area contributed by atoms with Crippen molar-refractivity contribution in [2.45, 2.75) is 91.1 Å². The molecule has 1 saturated carbocycles.